The maximum atomic E-state index is 15.2. The van der Waals surface area contributed by atoms with Crippen LogP contribution in [0.15, 0.2) is 65.7 Å². The number of sulfonamides is 1. The number of aromatic nitrogens is 1. The number of fused-ring (bicyclic) bond motifs is 1. The summed E-state index contributed by atoms with van der Waals surface area (Å²) in [5.41, 5.74) is 2.62. The summed E-state index contributed by atoms with van der Waals surface area (Å²) in [7, 11) is -4.07. The number of anilines is 1. The van der Waals surface area contributed by atoms with Crippen molar-refractivity contribution < 1.29 is 21.9 Å². The highest BCUT2D eigenvalue weighted by Crippen LogP contribution is 2.43. The van der Waals surface area contributed by atoms with Crippen molar-refractivity contribution in [2.45, 2.75) is 35.7 Å². The highest BCUT2D eigenvalue weighted by atomic mass is 32.2. The van der Waals surface area contributed by atoms with Crippen molar-refractivity contribution >= 4 is 15.7 Å². The summed E-state index contributed by atoms with van der Waals surface area (Å²) in [4.78, 5) is 7.16. The first-order chi connectivity index (χ1) is 17.9. The van der Waals surface area contributed by atoms with Gasteiger partial charge >= 0.3 is 0 Å². The molecule has 0 amide bonds. The van der Waals surface area contributed by atoms with Crippen LogP contribution in [0.2, 0.25) is 0 Å². The molecule has 1 aromatic heterocycles. The second-order valence-corrected chi connectivity index (χ2v) is 11.6. The van der Waals surface area contributed by atoms with E-state index < -0.39 is 32.7 Å². The summed E-state index contributed by atoms with van der Waals surface area (Å²) < 4.78 is 62.9. The number of hydrogen-bond acceptors (Lipinski definition) is 6. The Labute approximate surface area is 215 Å². The van der Waals surface area contributed by atoms with E-state index in [-0.39, 0.29) is 25.0 Å². The molecule has 4 heterocycles. The molecule has 1 N–H and O–H groups in total. The van der Waals surface area contributed by atoms with E-state index in [2.05, 4.69) is 26.7 Å². The van der Waals surface area contributed by atoms with Gasteiger partial charge in [-0.05, 0) is 49.7 Å². The molecule has 0 radical (unpaired) electrons. The lowest BCUT2D eigenvalue weighted by molar-refractivity contribution is 0.0500. The Morgan fingerprint density at radius 1 is 1.05 bits per heavy atom. The molecule has 37 heavy (non-hydrogen) atoms. The third-order valence-corrected chi connectivity index (χ3v) is 9.10. The third-order valence-electron chi connectivity index (χ3n) is 7.57. The van der Waals surface area contributed by atoms with Crippen LogP contribution in [0.4, 0.5) is 14.5 Å². The van der Waals surface area contributed by atoms with Gasteiger partial charge < -0.3 is 9.64 Å². The van der Waals surface area contributed by atoms with E-state index in [4.69, 9.17) is 4.74 Å². The van der Waals surface area contributed by atoms with E-state index in [0.29, 0.717) is 18.0 Å². The zero-order valence-corrected chi connectivity index (χ0v) is 21.0. The Kier molecular flexibility index (Phi) is 6.34. The second kappa shape index (κ2) is 9.66. The van der Waals surface area contributed by atoms with Gasteiger partial charge in [0.25, 0.3) is 0 Å². The zero-order valence-electron chi connectivity index (χ0n) is 20.2. The van der Waals surface area contributed by atoms with Crippen molar-refractivity contribution in [3.63, 3.8) is 0 Å². The number of likely N-dealkylation sites (tertiary alicyclic amines) is 1. The Morgan fingerprint density at radius 3 is 2.54 bits per heavy atom. The maximum Gasteiger partial charge on any atom is 0.245 e. The first-order valence-corrected chi connectivity index (χ1v) is 14.0. The first kappa shape index (κ1) is 24.3. The van der Waals surface area contributed by atoms with Crippen molar-refractivity contribution in [3.05, 3.63) is 83.7 Å². The molecule has 3 aliphatic heterocycles. The molecule has 10 heteroatoms. The van der Waals surface area contributed by atoms with Crippen LogP contribution in [0.3, 0.4) is 0 Å². The number of ether oxygens (including phenoxy) is 1. The fraction of sp³-hybridized carbons (Fsp3) is 0.370. The van der Waals surface area contributed by atoms with Crippen LogP contribution >= 0.6 is 0 Å². The van der Waals surface area contributed by atoms with Gasteiger partial charge in [0.2, 0.25) is 16.0 Å². The van der Waals surface area contributed by atoms with Crippen molar-refractivity contribution in [2.75, 3.05) is 37.7 Å². The van der Waals surface area contributed by atoms with Gasteiger partial charge in [-0.15, -0.1) is 0 Å². The molecular formula is C27H28F2N4O3S. The monoisotopic (exact) mass is 526 g/mol. The van der Waals surface area contributed by atoms with E-state index >= 15 is 4.39 Å². The minimum Gasteiger partial charge on any atom is -0.492 e. The highest BCUT2D eigenvalue weighted by Gasteiger charge is 2.39. The standard InChI is InChI=1S/C27H28F2N4O3S/c28-22-14-25-21(20(12-18-6-2-1-3-7-18)24(17-36-25)32-10-5-11-32)13-23(22)33-15-19(16-33)31-37(34,35)26-8-4-9-30-27(26)29/h1-4,6-9,13-14,19-20,24,31H,5,10-12,15-17H2/t20-,24+/m0/s1. The SMILES string of the molecule is O=S(=O)(NC1CN(c2cc3c(cc2F)OC[C@@H](N2CCC2)[C@H]3Cc2ccccc2)C1)c1cccnc1F. The van der Waals surface area contributed by atoms with E-state index in [9.17, 15) is 12.8 Å². The number of nitrogens with zero attached hydrogens (tertiary/aromatic N) is 3. The van der Waals surface area contributed by atoms with Crippen LogP contribution in [0.1, 0.15) is 23.5 Å². The zero-order chi connectivity index (χ0) is 25.6. The predicted molar refractivity (Wildman–Crippen MR) is 135 cm³/mol. The summed E-state index contributed by atoms with van der Waals surface area (Å²) in [6, 6.07) is 15.9. The molecule has 3 aromatic rings. The molecule has 0 unspecified atom stereocenters. The van der Waals surface area contributed by atoms with Gasteiger partial charge in [-0.2, -0.15) is 4.39 Å². The number of pyridine rings is 1. The lowest BCUT2D eigenvalue weighted by Gasteiger charge is -2.46. The van der Waals surface area contributed by atoms with Crippen LogP contribution in [-0.4, -0.2) is 63.2 Å². The fourth-order valence-electron chi connectivity index (χ4n) is 5.47. The molecule has 2 fully saturated rings. The smallest absolute Gasteiger partial charge is 0.245 e. The maximum absolute atomic E-state index is 15.2. The minimum atomic E-state index is -4.07. The van der Waals surface area contributed by atoms with Gasteiger partial charge in [0, 0.05) is 36.8 Å². The van der Waals surface area contributed by atoms with Gasteiger partial charge in [0.1, 0.15) is 23.1 Å². The number of benzene rings is 2. The summed E-state index contributed by atoms with van der Waals surface area (Å²) in [6.07, 6.45) is 3.19. The average molecular weight is 527 g/mol. The van der Waals surface area contributed by atoms with Gasteiger partial charge in [-0.1, -0.05) is 30.3 Å². The molecule has 2 saturated heterocycles. The molecule has 0 bridgehead atoms. The van der Waals surface area contributed by atoms with E-state index in [1.54, 1.807) is 4.90 Å². The van der Waals surface area contributed by atoms with Gasteiger partial charge in [0.05, 0.1) is 17.8 Å². The van der Waals surface area contributed by atoms with Crippen molar-refractivity contribution in [1.82, 2.24) is 14.6 Å². The summed E-state index contributed by atoms with van der Waals surface area (Å²) >= 11 is 0. The van der Waals surface area contributed by atoms with Crippen LogP contribution in [-0.2, 0) is 16.4 Å². The molecule has 0 spiro atoms. The largest absolute Gasteiger partial charge is 0.492 e. The molecule has 2 atom stereocenters. The predicted octanol–water partition coefficient (Wildman–Crippen LogP) is 3.32. The van der Waals surface area contributed by atoms with Crippen molar-refractivity contribution in [1.29, 1.82) is 0 Å². The van der Waals surface area contributed by atoms with E-state index in [1.165, 1.54) is 36.4 Å². The number of rotatable bonds is 7. The molecule has 0 saturated carbocycles. The number of nitrogens with one attached hydrogen (secondary N) is 1. The number of hydrogen-bond donors (Lipinski definition) is 1. The summed E-state index contributed by atoms with van der Waals surface area (Å²) in [5, 5.41) is 0. The Hall–Kier alpha value is -3.08. The van der Waals surface area contributed by atoms with Gasteiger partial charge in [-0.25, -0.2) is 22.5 Å². The Morgan fingerprint density at radius 2 is 1.84 bits per heavy atom. The third kappa shape index (κ3) is 4.69. The molecule has 3 aliphatic rings. The van der Waals surface area contributed by atoms with Crippen LogP contribution in [0.25, 0.3) is 0 Å². The van der Waals surface area contributed by atoms with Crippen LogP contribution in [0, 0.1) is 11.8 Å². The van der Waals surface area contributed by atoms with Crippen LogP contribution < -0.4 is 14.4 Å². The minimum absolute atomic E-state index is 0.148. The highest BCUT2D eigenvalue weighted by molar-refractivity contribution is 7.89. The molecule has 7 nitrogen and oxygen atoms in total. The topological polar surface area (TPSA) is 74.8 Å². The summed E-state index contributed by atoms with van der Waals surface area (Å²) in [6.45, 7) is 3.15. The lowest BCUT2D eigenvalue weighted by atomic mass is 9.82. The van der Waals surface area contributed by atoms with E-state index in [0.717, 1.165) is 25.1 Å². The van der Waals surface area contributed by atoms with Gasteiger partial charge in [0.15, 0.2) is 0 Å². The summed E-state index contributed by atoms with van der Waals surface area (Å²) in [5.74, 6) is -0.730. The molecule has 6 rings (SSSR count). The average Bonchev–Trinajstić information content (AvgIpc) is 2.82. The van der Waals surface area contributed by atoms with Gasteiger partial charge in [-0.3, -0.25) is 4.90 Å². The quantitative estimate of drug-likeness (QED) is 0.476. The number of halogens is 2. The second-order valence-electron chi connectivity index (χ2n) is 9.92. The fourth-order valence-corrected chi connectivity index (χ4v) is 6.71. The Balaban J connectivity index is 1.23. The van der Waals surface area contributed by atoms with Crippen LogP contribution in [0.5, 0.6) is 5.75 Å². The van der Waals surface area contributed by atoms with E-state index in [1.807, 2.05) is 24.3 Å². The molecule has 194 valence electrons. The van der Waals surface area contributed by atoms with Crippen molar-refractivity contribution in [2.24, 2.45) is 0 Å². The molecular weight excluding hydrogens is 498 g/mol. The normalized spacial score (nSPS) is 22.1. The van der Waals surface area contributed by atoms with Crippen molar-refractivity contribution in [3.8, 4) is 5.75 Å². The molecule has 0 aliphatic carbocycles. The molecule has 2 aromatic carbocycles. The Bertz CT molecular complexity index is 1400. The first-order valence-electron chi connectivity index (χ1n) is 12.5. The lowest BCUT2D eigenvalue weighted by Crippen LogP contribution is -2.59.